The van der Waals surface area contributed by atoms with Crippen LogP contribution in [0.3, 0.4) is 0 Å². The molecule has 0 fully saturated rings. The predicted octanol–water partition coefficient (Wildman–Crippen LogP) is 0.404. The maximum Gasteiger partial charge on any atom is 0.0292 e. The van der Waals surface area contributed by atoms with Crippen LogP contribution in [0.2, 0.25) is 0 Å². The van der Waals surface area contributed by atoms with Crippen molar-refractivity contribution in [3.05, 3.63) is 35.9 Å². The molecule has 0 heterocycles. The molecule has 0 saturated heterocycles. The highest BCUT2D eigenvalue weighted by Crippen LogP contribution is 2.02. The van der Waals surface area contributed by atoms with Gasteiger partial charge in [0, 0.05) is 25.7 Å². The molecule has 1 rings (SSSR count). The van der Waals surface area contributed by atoms with Crippen LogP contribution >= 0.6 is 0 Å². The summed E-state index contributed by atoms with van der Waals surface area (Å²) in [6.45, 7) is 2.30. The lowest BCUT2D eigenvalue weighted by molar-refractivity contribution is 0.305. The van der Waals surface area contributed by atoms with E-state index in [1.807, 2.05) is 18.2 Å². The van der Waals surface area contributed by atoms with Gasteiger partial charge in [-0.15, -0.1) is 0 Å². The lowest BCUT2D eigenvalue weighted by Gasteiger charge is -2.20. The number of nitrogens with zero attached hydrogens (tertiary/aromatic N) is 1. The van der Waals surface area contributed by atoms with E-state index in [4.69, 9.17) is 11.5 Å². The van der Waals surface area contributed by atoms with Crippen LogP contribution < -0.4 is 11.5 Å². The van der Waals surface area contributed by atoms with Crippen LogP contribution in [-0.4, -0.2) is 31.1 Å². The molecule has 0 bridgehead atoms. The predicted molar refractivity (Wildman–Crippen MR) is 59.8 cm³/mol. The normalized spacial score (nSPS) is 13.1. The minimum absolute atomic E-state index is 0.0729. The van der Waals surface area contributed by atoms with E-state index in [9.17, 15) is 0 Å². The summed E-state index contributed by atoms with van der Waals surface area (Å²) in [7, 11) is 2.06. The first-order valence-electron chi connectivity index (χ1n) is 4.90. The monoisotopic (exact) mass is 193 g/mol. The molecular weight excluding hydrogens is 174 g/mol. The van der Waals surface area contributed by atoms with E-state index >= 15 is 0 Å². The number of hydrogen-bond acceptors (Lipinski definition) is 3. The van der Waals surface area contributed by atoms with Gasteiger partial charge in [0.05, 0.1) is 0 Å². The van der Waals surface area contributed by atoms with Crippen molar-refractivity contribution < 1.29 is 0 Å². The third-order valence-electron chi connectivity index (χ3n) is 2.14. The molecule has 1 aromatic carbocycles. The molecule has 0 aliphatic rings. The maximum atomic E-state index is 5.76. The van der Waals surface area contributed by atoms with E-state index in [1.54, 1.807) is 0 Å². The van der Waals surface area contributed by atoms with E-state index in [0.29, 0.717) is 6.54 Å². The first-order valence-corrected chi connectivity index (χ1v) is 4.90. The van der Waals surface area contributed by atoms with Gasteiger partial charge < -0.3 is 16.4 Å². The Hall–Kier alpha value is -0.900. The molecule has 1 unspecified atom stereocenters. The fourth-order valence-corrected chi connectivity index (χ4v) is 1.43. The smallest absolute Gasteiger partial charge is 0.0292 e. The van der Waals surface area contributed by atoms with Crippen molar-refractivity contribution in [2.24, 2.45) is 11.5 Å². The van der Waals surface area contributed by atoms with E-state index < -0.39 is 0 Å². The fourth-order valence-electron chi connectivity index (χ4n) is 1.43. The number of hydrogen-bond donors (Lipinski definition) is 2. The number of likely N-dealkylation sites (N-methyl/N-ethyl adjacent to an activating group) is 1. The highest BCUT2D eigenvalue weighted by molar-refractivity contribution is 5.14. The van der Waals surface area contributed by atoms with Gasteiger partial charge in [-0.25, -0.2) is 0 Å². The second-order valence-corrected chi connectivity index (χ2v) is 3.68. The summed E-state index contributed by atoms with van der Waals surface area (Å²) >= 11 is 0. The average Bonchev–Trinajstić information content (AvgIpc) is 2.19. The molecule has 4 N–H and O–H groups in total. The Balaban J connectivity index is 2.37. The van der Waals surface area contributed by atoms with Crippen molar-refractivity contribution in [3.8, 4) is 0 Å². The molecule has 0 saturated carbocycles. The molecule has 1 aromatic rings. The summed E-state index contributed by atoms with van der Waals surface area (Å²) in [4.78, 5) is 2.19. The molecule has 0 spiro atoms. The second kappa shape index (κ2) is 5.75. The van der Waals surface area contributed by atoms with Crippen molar-refractivity contribution in [1.29, 1.82) is 0 Å². The molecule has 0 radical (unpaired) electrons. The van der Waals surface area contributed by atoms with Crippen LogP contribution in [0.1, 0.15) is 5.56 Å². The van der Waals surface area contributed by atoms with Gasteiger partial charge in [0.1, 0.15) is 0 Å². The second-order valence-electron chi connectivity index (χ2n) is 3.68. The zero-order valence-electron chi connectivity index (χ0n) is 8.69. The minimum atomic E-state index is 0.0729. The van der Waals surface area contributed by atoms with E-state index in [2.05, 4.69) is 24.1 Å². The summed E-state index contributed by atoms with van der Waals surface area (Å²) < 4.78 is 0. The molecule has 0 aliphatic carbocycles. The van der Waals surface area contributed by atoms with Crippen molar-refractivity contribution >= 4 is 0 Å². The lowest BCUT2D eigenvalue weighted by atomic mass is 10.2. The molecule has 3 heteroatoms. The molecule has 0 amide bonds. The van der Waals surface area contributed by atoms with Gasteiger partial charge in [-0.1, -0.05) is 30.3 Å². The van der Waals surface area contributed by atoms with Crippen molar-refractivity contribution in [2.75, 3.05) is 20.1 Å². The Kier molecular flexibility index (Phi) is 4.59. The van der Waals surface area contributed by atoms with Crippen molar-refractivity contribution in [1.82, 2.24) is 4.90 Å². The largest absolute Gasteiger partial charge is 0.329 e. The van der Waals surface area contributed by atoms with E-state index in [1.165, 1.54) is 5.56 Å². The molecule has 14 heavy (non-hydrogen) atoms. The quantitative estimate of drug-likeness (QED) is 0.712. The van der Waals surface area contributed by atoms with Gasteiger partial charge in [0.25, 0.3) is 0 Å². The Labute approximate surface area is 85.7 Å². The van der Waals surface area contributed by atoms with Crippen molar-refractivity contribution in [2.45, 2.75) is 12.6 Å². The van der Waals surface area contributed by atoms with Crippen LogP contribution in [0.25, 0.3) is 0 Å². The zero-order valence-corrected chi connectivity index (χ0v) is 8.69. The van der Waals surface area contributed by atoms with Gasteiger partial charge in [0.2, 0.25) is 0 Å². The van der Waals surface area contributed by atoms with Gasteiger partial charge in [-0.2, -0.15) is 0 Å². The minimum Gasteiger partial charge on any atom is -0.329 e. The third-order valence-corrected chi connectivity index (χ3v) is 2.14. The number of rotatable bonds is 5. The number of nitrogens with two attached hydrogens (primary N) is 2. The first kappa shape index (κ1) is 11.2. The van der Waals surface area contributed by atoms with Crippen LogP contribution in [0.4, 0.5) is 0 Å². The van der Waals surface area contributed by atoms with Gasteiger partial charge in [-0.05, 0) is 12.6 Å². The van der Waals surface area contributed by atoms with E-state index in [0.717, 1.165) is 13.1 Å². The molecule has 1 atom stereocenters. The fraction of sp³-hybridized carbons (Fsp3) is 0.455. The molecule has 3 nitrogen and oxygen atoms in total. The van der Waals surface area contributed by atoms with Gasteiger partial charge in [0.15, 0.2) is 0 Å². The van der Waals surface area contributed by atoms with Crippen LogP contribution in [0.5, 0.6) is 0 Å². The zero-order chi connectivity index (χ0) is 10.4. The maximum absolute atomic E-state index is 5.76. The summed E-state index contributed by atoms with van der Waals surface area (Å²) in [6.07, 6.45) is 0. The Morgan fingerprint density at radius 1 is 1.29 bits per heavy atom. The third kappa shape index (κ3) is 3.87. The molecule has 0 aromatic heterocycles. The SMILES string of the molecule is CN(Cc1ccccc1)CC(N)CN. The highest BCUT2D eigenvalue weighted by atomic mass is 15.1. The van der Waals surface area contributed by atoms with Crippen LogP contribution in [0, 0.1) is 0 Å². The van der Waals surface area contributed by atoms with Crippen LogP contribution in [0.15, 0.2) is 30.3 Å². The van der Waals surface area contributed by atoms with Gasteiger partial charge in [-0.3, -0.25) is 0 Å². The van der Waals surface area contributed by atoms with Gasteiger partial charge >= 0.3 is 0 Å². The first-order chi connectivity index (χ1) is 6.72. The summed E-state index contributed by atoms with van der Waals surface area (Å²) in [6, 6.07) is 10.4. The summed E-state index contributed by atoms with van der Waals surface area (Å²) in [5.41, 5.74) is 12.5. The average molecular weight is 193 g/mol. The Morgan fingerprint density at radius 2 is 1.93 bits per heavy atom. The number of benzene rings is 1. The molecule has 0 aliphatic heterocycles. The Morgan fingerprint density at radius 3 is 2.50 bits per heavy atom. The van der Waals surface area contributed by atoms with E-state index in [-0.39, 0.29) is 6.04 Å². The Bertz CT molecular complexity index is 248. The summed E-state index contributed by atoms with van der Waals surface area (Å²) in [5.74, 6) is 0. The lowest BCUT2D eigenvalue weighted by Crippen LogP contribution is -2.40. The molecule has 78 valence electrons. The molecular formula is C11H19N3. The topological polar surface area (TPSA) is 55.3 Å². The van der Waals surface area contributed by atoms with Crippen LogP contribution in [-0.2, 0) is 6.54 Å². The highest BCUT2D eigenvalue weighted by Gasteiger charge is 2.04. The standard InChI is InChI=1S/C11H19N3/c1-14(9-11(13)7-12)8-10-5-3-2-4-6-10/h2-6,11H,7-9,12-13H2,1H3. The van der Waals surface area contributed by atoms with Crippen molar-refractivity contribution in [3.63, 3.8) is 0 Å². The summed E-state index contributed by atoms with van der Waals surface area (Å²) in [5, 5.41) is 0.